The number of hydrogen-bond acceptors (Lipinski definition) is 5. The summed E-state index contributed by atoms with van der Waals surface area (Å²) in [5.74, 6) is -0.961. The van der Waals surface area contributed by atoms with Gasteiger partial charge in [-0.15, -0.1) is 11.8 Å². The maximum absolute atomic E-state index is 11.8. The molecule has 26 heavy (non-hydrogen) atoms. The highest BCUT2D eigenvalue weighted by molar-refractivity contribution is 8.00. The Labute approximate surface area is 156 Å². The molecule has 0 fully saturated rings. The van der Waals surface area contributed by atoms with Crippen LogP contribution in [-0.4, -0.2) is 37.2 Å². The number of benzene rings is 2. The lowest BCUT2D eigenvalue weighted by molar-refractivity contribution is -0.144. The summed E-state index contributed by atoms with van der Waals surface area (Å²) in [6.07, 6.45) is 0. The topological polar surface area (TPSA) is 84.5 Å². The molecule has 136 valence electrons. The molecule has 0 aliphatic rings. The minimum absolute atomic E-state index is 0.138. The van der Waals surface area contributed by atoms with E-state index in [9.17, 15) is 14.4 Å². The molecule has 7 heteroatoms. The first-order valence-corrected chi connectivity index (χ1v) is 8.94. The Kier molecular flexibility index (Phi) is 7.23. The molecule has 0 saturated carbocycles. The van der Waals surface area contributed by atoms with Crippen molar-refractivity contribution in [1.82, 2.24) is 5.32 Å². The first kappa shape index (κ1) is 19.5. The van der Waals surface area contributed by atoms with Gasteiger partial charge < -0.3 is 15.4 Å². The summed E-state index contributed by atoms with van der Waals surface area (Å²) in [6.45, 7) is 1.61. The van der Waals surface area contributed by atoms with E-state index in [4.69, 9.17) is 4.74 Å². The van der Waals surface area contributed by atoms with Gasteiger partial charge in [0.25, 0.3) is 11.8 Å². The second-order valence-corrected chi connectivity index (χ2v) is 6.44. The molecule has 0 aliphatic carbocycles. The third kappa shape index (κ3) is 5.93. The van der Waals surface area contributed by atoms with Crippen molar-refractivity contribution >= 4 is 35.2 Å². The van der Waals surface area contributed by atoms with E-state index in [2.05, 4.69) is 10.6 Å². The number of carbonyl (C=O) groups is 3. The van der Waals surface area contributed by atoms with Crippen molar-refractivity contribution in [3.8, 4) is 0 Å². The average Bonchev–Trinajstić information content (AvgIpc) is 2.65. The maximum Gasteiger partial charge on any atom is 0.316 e. The lowest BCUT2D eigenvalue weighted by Crippen LogP contribution is -2.22. The highest BCUT2D eigenvalue weighted by Crippen LogP contribution is 2.21. The molecule has 0 spiro atoms. The van der Waals surface area contributed by atoms with Crippen molar-refractivity contribution in [3.05, 3.63) is 59.7 Å². The third-order valence-corrected chi connectivity index (χ3v) is 4.61. The van der Waals surface area contributed by atoms with Crippen LogP contribution < -0.4 is 10.6 Å². The standard InChI is InChI=1S/C19H20N2O4S/c1-13-5-3-4-6-16(13)26-12-18(23)25-11-17(22)21-15-9-7-14(8-10-15)19(24)20-2/h3-10H,11-12H2,1-2H3,(H,20,24)(H,21,22). The Morgan fingerprint density at radius 1 is 1.04 bits per heavy atom. The molecule has 2 rings (SSSR count). The molecule has 2 amide bonds. The van der Waals surface area contributed by atoms with Crippen molar-refractivity contribution in [1.29, 1.82) is 0 Å². The zero-order chi connectivity index (χ0) is 18.9. The number of ether oxygens (including phenoxy) is 1. The summed E-state index contributed by atoms with van der Waals surface area (Å²) in [6, 6.07) is 14.2. The molecule has 0 aliphatic heterocycles. The molecule has 0 unspecified atom stereocenters. The normalized spacial score (nSPS) is 10.1. The van der Waals surface area contributed by atoms with Crippen LogP contribution in [0.25, 0.3) is 0 Å². The van der Waals surface area contributed by atoms with Gasteiger partial charge in [-0.3, -0.25) is 14.4 Å². The number of rotatable bonds is 7. The third-order valence-electron chi connectivity index (χ3n) is 3.46. The summed E-state index contributed by atoms with van der Waals surface area (Å²) in [5, 5.41) is 5.13. The van der Waals surface area contributed by atoms with Gasteiger partial charge in [-0.25, -0.2) is 0 Å². The van der Waals surface area contributed by atoms with E-state index in [1.165, 1.54) is 11.8 Å². The Balaban J connectivity index is 1.75. The van der Waals surface area contributed by atoms with Gasteiger partial charge in [0.15, 0.2) is 6.61 Å². The van der Waals surface area contributed by atoms with Crippen molar-refractivity contribution in [3.63, 3.8) is 0 Å². The van der Waals surface area contributed by atoms with Crippen LogP contribution >= 0.6 is 11.8 Å². The van der Waals surface area contributed by atoms with Crippen molar-refractivity contribution < 1.29 is 19.1 Å². The quantitative estimate of drug-likeness (QED) is 0.577. The summed E-state index contributed by atoms with van der Waals surface area (Å²) < 4.78 is 4.98. The molecule has 0 saturated heterocycles. The molecular formula is C19H20N2O4S. The first-order valence-electron chi connectivity index (χ1n) is 7.95. The van der Waals surface area contributed by atoms with Crippen LogP contribution in [0.1, 0.15) is 15.9 Å². The Morgan fingerprint density at radius 2 is 1.73 bits per heavy atom. The van der Waals surface area contributed by atoms with Gasteiger partial charge in [0, 0.05) is 23.2 Å². The predicted molar refractivity (Wildman–Crippen MR) is 101 cm³/mol. The highest BCUT2D eigenvalue weighted by atomic mass is 32.2. The smallest absolute Gasteiger partial charge is 0.316 e. The second-order valence-electron chi connectivity index (χ2n) is 5.42. The Hall–Kier alpha value is -2.80. The van der Waals surface area contributed by atoms with E-state index in [1.807, 2.05) is 31.2 Å². The van der Waals surface area contributed by atoms with Crippen LogP contribution in [0.2, 0.25) is 0 Å². The SMILES string of the molecule is CNC(=O)c1ccc(NC(=O)COC(=O)CSc2ccccc2C)cc1. The molecule has 2 aromatic carbocycles. The average molecular weight is 372 g/mol. The fourth-order valence-corrected chi connectivity index (χ4v) is 2.92. The molecule has 2 N–H and O–H groups in total. The van der Waals surface area contributed by atoms with E-state index < -0.39 is 11.9 Å². The van der Waals surface area contributed by atoms with Crippen LogP contribution in [0.15, 0.2) is 53.4 Å². The largest absolute Gasteiger partial charge is 0.455 e. The highest BCUT2D eigenvalue weighted by Gasteiger charge is 2.10. The van der Waals surface area contributed by atoms with Crippen molar-refractivity contribution in [2.75, 3.05) is 24.7 Å². The lowest BCUT2D eigenvalue weighted by atomic mass is 10.2. The minimum atomic E-state index is -0.455. The van der Waals surface area contributed by atoms with E-state index in [0.29, 0.717) is 11.3 Å². The molecule has 0 aromatic heterocycles. The van der Waals surface area contributed by atoms with Crippen molar-refractivity contribution in [2.24, 2.45) is 0 Å². The Bertz CT molecular complexity index is 790. The zero-order valence-corrected chi connectivity index (χ0v) is 15.4. The molecule has 0 heterocycles. The van der Waals surface area contributed by atoms with Crippen LogP contribution in [0.5, 0.6) is 0 Å². The van der Waals surface area contributed by atoms with E-state index in [-0.39, 0.29) is 18.3 Å². The molecular weight excluding hydrogens is 352 g/mol. The maximum atomic E-state index is 11.8. The van der Waals surface area contributed by atoms with Gasteiger partial charge >= 0.3 is 5.97 Å². The van der Waals surface area contributed by atoms with Crippen LogP contribution in [0.4, 0.5) is 5.69 Å². The molecule has 6 nitrogen and oxygen atoms in total. The number of hydrogen-bond donors (Lipinski definition) is 2. The molecule has 2 aromatic rings. The number of aryl methyl sites for hydroxylation is 1. The van der Waals surface area contributed by atoms with E-state index in [0.717, 1.165) is 10.5 Å². The number of amides is 2. The fourth-order valence-electron chi connectivity index (χ4n) is 2.09. The van der Waals surface area contributed by atoms with E-state index >= 15 is 0 Å². The minimum Gasteiger partial charge on any atom is -0.455 e. The van der Waals surface area contributed by atoms with Gasteiger partial charge in [0.1, 0.15) is 0 Å². The summed E-state index contributed by atoms with van der Waals surface area (Å²) in [7, 11) is 1.55. The van der Waals surface area contributed by atoms with Gasteiger partial charge in [0.05, 0.1) is 5.75 Å². The summed E-state index contributed by atoms with van der Waals surface area (Å²) >= 11 is 1.37. The molecule has 0 atom stereocenters. The summed E-state index contributed by atoms with van der Waals surface area (Å²) in [4.78, 5) is 36.1. The van der Waals surface area contributed by atoms with Crippen LogP contribution in [0, 0.1) is 6.92 Å². The number of thioether (sulfide) groups is 1. The van der Waals surface area contributed by atoms with Crippen molar-refractivity contribution in [2.45, 2.75) is 11.8 Å². The number of esters is 1. The second kappa shape index (κ2) is 9.62. The number of carbonyl (C=O) groups excluding carboxylic acids is 3. The molecule has 0 bridgehead atoms. The van der Waals surface area contributed by atoms with Gasteiger partial charge in [-0.2, -0.15) is 0 Å². The number of nitrogens with one attached hydrogen (secondary N) is 2. The van der Waals surface area contributed by atoms with Crippen LogP contribution in [0.3, 0.4) is 0 Å². The predicted octanol–water partition coefficient (Wildman–Crippen LogP) is 2.63. The lowest BCUT2D eigenvalue weighted by Gasteiger charge is -2.08. The Morgan fingerprint density at radius 3 is 2.38 bits per heavy atom. The first-order chi connectivity index (χ1) is 12.5. The monoisotopic (exact) mass is 372 g/mol. The van der Waals surface area contributed by atoms with E-state index in [1.54, 1.807) is 31.3 Å². The van der Waals surface area contributed by atoms with Crippen LogP contribution in [-0.2, 0) is 14.3 Å². The zero-order valence-electron chi connectivity index (χ0n) is 14.6. The van der Waals surface area contributed by atoms with Gasteiger partial charge in [0.2, 0.25) is 0 Å². The fraction of sp³-hybridized carbons (Fsp3) is 0.211. The molecule has 0 radical (unpaired) electrons. The van der Waals surface area contributed by atoms with Gasteiger partial charge in [-0.05, 0) is 42.8 Å². The number of anilines is 1. The summed E-state index contributed by atoms with van der Waals surface area (Å²) in [5.41, 5.74) is 2.10. The van der Waals surface area contributed by atoms with Gasteiger partial charge in [-0.1, -0.05) is 18.2 Å².